The predicted octanol–water partition coefficient (Wildman–Crippen LogP) is 5.41. The lowest BCUT2D eigenvalue weighted by molar-refractivity contribution is -0.137. The van der Waals surface area contributed by atoms with E-state index in [9.17, 15) is 13.2 Å². The van der Waals surface area contributed by atoms with Crippen LogP contribution in [0.2, 0.25) is 0 Å². The second-order valence-corrected chi connectivity index (χ2v) is 5.53. The Morgan fingerprint density at radius 3 is 2.60 bits per heavy atom. The van der Waals surface area contributed by atoms with E-state index in [1.54, 1.807) is 6.07 Å². The number of alkyl halides is 3. The fourth-order valence-corrected chi connectivity index (χ4v) is 2.64. The molecular weight excluding hydrogens is 261 g/mol. The first-order chi connectivity index (χ1) is 9.36. The van der Waals surface area contributed by atoms with Gasteiger partial charge < -0.3 is 0 Å². The number of benzene rings is 1. The zero-order valence-electron chi connectivity index (χ0n) is 11.7. The van der Waals surface area contributed by atoms with Gasteiger partial charge in [0.1, 0.15) is 0 Å². The van der Waals surface area contributed by atoms with E-state index in [4.69, 9.17) is 0 Å². The van der Waals surface area contributed by atoms with Crippen LogP contribution in [0.15, 0.2) is 48.1 Å². The summed E-state index contributed by atoms with van der Waals surface area (Å²) in [7, 11) is 0. The maximum atomic E-state index is 12.6. The number of hydrogen-bond acceptors (Lipinski definition) is 0. The second-order valence-electron chi connectivity index (χ2n) is 5.53. The largest absolute Gasteiger partial charge is 0.416 e. The molecule has 0 N–H and O–H groups in total. The minimum Gasteiger partial charge on any atom is -0.166 e. The predicted molar refractivity (Wildman–Crippen MR) is 75.3 cm³/mol. The Morgan fingerprint density at radius 2 is 1.95 bits per heavy atom. The smallest absolute Gasteiger partial charge is 0.166 e. The molecule has 20 heavy (non-hydrogen) atoms. The topological polar surface area (TPSA) is 0 Å². The first-order valence-corrected chi connectivity index (χ1v) is 6.89. The molecule has 2 unspecified atom stereocenters. The van der Waals surface area contributed by atoms with Gasteiger partial charge in [0.15, 0.2) is 0 Å². The minimum absolute atomic E-state index is 0.410. The maximum absolute atomic E-state index is 12.6. The zero-order valence-corrected chi connectivity index (χ0v) is 11.7. The van der Waals surface area contributed by atoms with E-state index in [1.807, 2.05) is 0 Å². The molecule has 0 spiro atoms. The van der Waals surface area contributed by atoms with E-state index < -0.39 is 11.7 Å². The average Bonchev–Trinajstić information content (AvgIpc) is 2.37. The van der Waals surface area contributed by atoms with Crippen molar-refractivity contribution in [2.45, 2.75) is 32.9 Å². The molecule has 2 atom stereocenters. The van der Waals surface area contributed by atoms with Crippen LogP contribution in [-0.2, 0) is 12.6 Å². The highest BCUT2D eigenvalue weighted by molar-refractivity contribution is 5.27. The van der Waals surface area contributed by atoms with Gasteiger partial charge in [0.25, 0.3) is 0 Å². The van der Waals surface area contributed by atoms with E-state index in [0.29, 0.717) is 18.3 Å². The Labute approximate surface area is 118 Å². The lowest BCUT2D eigenvalue weighted by Crippen LogP contribution is -2.12. The number of rotatable bonds is 3. The van der Waals surface area contributed by atoms with E-state index in [0.717, 1.165) is 18.1 Å². The van der Waals surface area contributed by atoms with Crippen molar-refractivity contribution in [2.24, 2.45) is 11.8 Å². The summed E-state index contributed by atoms with van der Waals surface area (Å²) in [6.45, 7) is 4.22. The first-order valence-electron chi connectivity index (χ1n) is 6.89. The van der Waals surface area contributed by atoms with Crippen molar-refractivity contribution in [1.29, 1.82) is 0 Å². The Bertz CT molecular complexity index is 523. The van der Waals surface area contributed by atoms with E-state index >= 15 is 0 Å². The van der Waals surface area contributed by atoms with Crippen LogP contribution >= 0.6 is 0 Å². The minimum atomic E-state index is -4.26. The van der Waals surface area contributed by atoms with Gasteiger partial charge in [-0.3, -0.25) is 0 Å². The molecule has 0 nitrogen and oxygen atoms in total. The summed E-state index contributed by atoms with van der Waals surface area (Å²) in [5, 5.41) is 0. The van der Waals surface area contributed by atoms with Crippen LogP contribution in [0.5, 0.6) is 0 Å². The van der Waals surface area contributed by atoms with Crippen molar-refractivity contribution >= 4 is 0 Å². The summed E-state index contributed by atoms with van der Waals surface area (Å²) in [6.07, 6.45) is 3.79. The Balaban J connectivity index is 2.00. The molecule has 0 aliphatic heterocycles. The third kappa shape index (κ3) is 3.75. The highest BCUT2D eigenvalue weighted by Gasteiger charge is 2.30. The molecule has 0 radical (unpaired) electrons. The van der Waals surface area contributed by atoms with Crippen LogP contribution < -0.4 is 0 Å². The molecular formula is C17H19F3. The molecule has 0 bridgehead atoms. The zero-order chi connectivity index (χ0) is 14.8. The van der Waals surface area contributed by atoms with Crippen LogP contribution in [0.4, 0.5) is 13.2 Å². The highest BCUT2D eigenvalue weighted by Crippen LogP contribution is 2.31. The van der Waals surface area contributed by atoms with Gasteiger partial charge in [0, 0.05) is 0 Å². The normalized spacial score (nSPS) is 22.8. The van der Waals surface area contributed by atoms with Crippen molar-refractivity contribution in [3.8, 4) is 0 Å². The molecule has 3 heteroatoms. The maximum Gasteiger partial charge on any atom is 0.416 e. The van der Waals surface area contributed by atoms with Gasteiger partial charge >= 0.3 is 6.18 Å². The Hall–Kier alpha value is -1.51. The number of allylic oxidation sites excluding steroid dienone is 4. The molecule has 1 aromatic rings. The van der Waals surface area contributed by atoms with Crippen LogP contribution in [-0.4, -0.2) is 0 Å². The van der Waals surface area contributed by atoms with Crippen molar-refractivity contribution < 1.29 is 13.2 Å². The molecule has 1 aromatic carbocycles. The molecule has 1 aliphatic carbocycles. The second kappa shape index (κ2) is 5.86. The molecule has 0 aromatic heterocycles. The van der Waals surface area contributed by atoms with Gasteiger partial charge in [-0.25, -0.2) is 0 Å². The Morgan fingerprint density at radius 1 is 1.20 bits per heavy atom. The third-order valence-electron chi connectivity index (χ3n) is 3.83. The van der Waals surface area contributed by atoms with Crippen molar-refractivity contribution in [3.05, 3.63) is 59.2 Å². The number of halogens is 3. The summed E-state index contributed by atoms with van der Waals surface area (Å²) >= 11 is 0. The summed E-state index contributed by atoms with van der Waals surface area (Å²) in [5.74, 6) is 0.860. The standard InChI is InChI=1S/C17H19F3/c1-12-6-8-15(13(2)10-12)9-7-14-4-3-5-16(11-14)17(18,19)20/h3-6,8,10-11,13,15H,7,9H2,1-2H3. The molecule has 2 rings (SSSR count). The SMILES string of the molecule is CC1=CC(C)C(CCc2cccc(C(F)(F)F)c2)C=C1. The van der Waals surface area contributed by atoms with Gasteiger partial charge in [-0.15, -0.1) is 0 Å². The first kappa shape index (κ1) is 14.9. The number of hydrogen-bond donors (Lipinski definition) is 0. The summed E-state index contributed by atoms with van der Waals surface area (Å²) in [4.78, 5) is 0. The van der Waals surface area contributed by atoms with Crippen molar-refractivity contribution in [3.63, 3.8) is 0 Å². The van der Waals surface area contributed by atoms with Crippen LogP contribution in [0, 0.1) is 11.8 Å². The van der Waals surface area contributed by atoms with Crippen molar-refractivity contribution in [2.75, 3.05) is 0 Å². The summed E-state index contributed by atoms with van der Waals surface area (Å²) in [5.41, 5.74) is 1.46. The summed E-state index contributed by atoms with van der Waals surface area (Å²) in [6, 6.07) is 5.65. The number of aryl methyl sites for hydroxylation is 1. The molecule has 0 saturated carbocycles. The van der Waals surface area contributed by atoms with Gasteiger partial charge in [-0.1, -0.05) is 48.9 Å². The van der Waals surface area contributed by atoms with Crippen LogP contribution in [0.1, 0.15) is 31.4 Å². The quantitative estimate of drug-likeness (QED) is 0.694. The van der Waals surface area contributed by atoms with Crippen LogP contribution in [0.25, 0.3) is 0 Å². The van der Waals surface area contributed by atoms with E-state index in [-0.39, 0.29) is 0 Å². The molecule has 0 saturated heterocycles. The van der Waals surface area contributed by atoms with Gasteiger partial charge in [0.05, 0.1) is 5.56 Å². The fraction of sp³-hybridized carbons (Fsp3) is 0.412. The Kier molecular flexibility index (Phi) is 4.36. The third-order valence-corrected chi connectivity index (χ3v) is 3.83. The molecule has 108 valence electrons. The van der Waals surface area contributed by atoms with E-state index in [2.05, 4.69) is 32.1 Å². The molecule has 0 fully saturated rings. The molecule has 0 heterocycles. The fourth-order valence-electron chi connectivity index (χ4n) is 2.64. The monoisotopic (exact) mass is 280 g/mol. The lowest BCUT2D eigenvalue weighted by Gasteiger charge is -2.22. The van der Waals surface area contributed by atoms with Crippen LogP contribution in [0.3, 0.4) is 0 Å². The molecule has 0 amide bonds. The van der Waals surface area contributed by atoms with E-state index in [1.165, 1.54) is 17.7 Å². The average molecular weight is 280 g/mol. The highest BCUT2D eigenvalue weighted by atomic mass is 19.4. The van der Waals surface area contributed by atoms with Crippen molar-refractivity contribution in [1.82, 2.24) is 0 Å². The van der Waals surface area contributed by atoms with Gasteiger partial charge in [-0.05, 0) is 43.2 Å². The van der Waals surface area contributed by atoms with Gasteiger partial charge in [-0.2, -0.15) is 13.2 Å². The van der Waals surface area contributed by atoms with Gasteiger partial charge in [0.2, 0.25) is 0 Å². The molecule has 1 aliphatic rings. The summed E-state index contributed by atoms with van der Waals surface area (Å²) < 4.78 is 37.9. The lowest BCUT2D eigenvalue weighted by atomic mass is 9.83.